The average molecular weight is 283 g/mol. The molecule has 0 radical (unpaired) electrons. The van der Waals surface area contributed by atoms with E-state index in [2.05, 4.69) is 24.2 Å². The number of nitrogens with one attached hydrogen (secondary N) is 1. The van der Waals surface area contributed by atoms with Crippen molar-refractivity contribution in [3.63, 3.8) is 0 Å². The maximum Gasteiger partial charge on any atom is 0.185 e. The van der Waals surface area contributed by atoms with Gasteiger partial charge in [0.1, 0.15) is 0 Å². The van der Waals surface area contributed by atoms with Gasteiger partial charge in [-0.15, -0.1) is 11.3 Å². The molecule has 0 saturated heterocycles. The molecule has 0 aromatic carbocycles. The number of fused-ring (bicyclic) bond motifs is 1. The Labute approximate surface area is 120 Å². The van der Waals surface area contributed by atoms with Gasteiger partial charge in [-0.05, 0) is 32.7 Å². The Morgan fingerprint density at radius 2 is 2.32 bits per heavy atom. The Hall–Kier alpha value is -0.650. The van der Waals surface area contributed by atoms with Crippen LogP contribution in [0.15, 0.2) is 0 Å². The molecule has 1 aliphatic rings. The molecular weight excluding hydrogens is 258 g/mol. The van der Waals surface area contributed by atoms with E-state index in [1.54, 1.807) is 0 Å². The molecule has 5 heteroatoms. The number of thiazole rings is 1. The molecule has 1 aliphatic carbocycles. The maximum absolute atomic E-state index is 5.41. The zero-order valence-corrected chi connectivity index (χ0v) is 13.1. The molecular formula is C14H25N3OS. The van der Waals surface area contributed by atoms with Gasteiger partial charge >= 0.3 is 0 Å². The smallest absolute Gasteiger partial charge is 0.185 e. The lowest BCUT2D eigenvalue weighted by atomic mass is 9.98. The van der Waals surface area contributed by atoms with Crippen LogP contribution in [0.25, 0.3) is 0 Å². The second kappa shape index (κ2) is 7.22. The highest BCUT2D eigenvalue weighted by Gasteiger charge is 2.24. The molecule has 1 heterocycles. The highest BCUT2D eigenvalue weighted by atomic mass is 32.1. The van der Waals surface area contributed by atoms with Crippen LogP contribution in [0.5, 0.6) is 0 Å². The largest absolute Gasteiger partial charge is 0.380 e. The molecule has 1 aromatic heterocycles. The third kappa shape index (κ3) is 3.68. The number of ether oxygens (including phenoxy) is 1. The summed E-state index contributed by atoms with van der Waals surface area (Å²) in [5, 5.41) is 4.68. The van der Waals surface area contributed by atoms with E-state index < -0.39 is 0 Å². The Morgan fingerprint density at radius 1 is 1.47 bits per heavy atom. The summed E-state index contributed by atoms with van der Waals surface area (Å²) in [7, 11) is 2.10. The van der Waals surface area contributed by atoms with Crippen LogP contribution in [0.4, 0.5) is 5.13 Å². The van der Waals surface area contributed by atoms with Crippen LogP contribution in [0.2, 0.25) is 0 Å². The fourth-order valence-electron chi connectivity index (χ4n) is 2.46. The molecule has 0 aliphatic heterocycles. The third-order valence-electron chi connectivity index (χ3n) is 3.50. The van der Waals surface area contributed by atoms with Crippen molar-refractivity contribution in [1.29, 1.82) is 0 Å². The van der Waals surface area contributed by atoms with E-state index in [9.17, 15) is 0 Å². The van der Waals surface area contributed by atoms with Gasteiger partial charge in [-0.25, -0.2) is 4.98 Å². The van der Waals surface area contributed by atoms with Gasteiger partial charge in [0.05, 0.1) is 18.3 Å². The molecule has 2 rings (SSSR count). The zero-order valence-electron chi connectivity index (χ0n) is 12.2. The van der Waals surface area contributed by atoms with E-state index in [-0.39, 0.29) is 0 Å². The molecule has 0 spiro atoms. The number of rotatable bonds is 7. The van der Waals surface area contributed by atoms with Crippen molar-refractivity contribution in [2.75, 3.05) is 38.3 Å². The molecule has 0 fully saturated rings. The van der Waals surface area contributed by atoms with Gasteiger partial charge in [0.25, 0.3) is 0 Å². The van der Waals surface area contributed by atoms with Gasteiger partial charge in [-0.1, -0.05) is 6.92 Å². The monoisotopic (exact) mass is 283 g/mol. The van der Waals surface area contributed by atoms with Crippen molar-refractivity contribution < 1.29 is 4.74 Å². The fourth-order valence-corrected chi connectivity index (χ4v) is 3.61. The summed E-state index contributed by atoms with van der Waals surface area (Å²) in [4.78, 5) is 8.53. The molecule has 19 heavy (non-hydrogen) atoms. The number of likely N-dealkylation sites (N-methyl/N-ethyl adjacent to an activating group) is 1. The van der Waals surface area contributed by atoms with E-state index >= 15 is 0 Å². The lowest BCUT2D eigenvalue weighted by Gasteiger charge is -2.21. The summed E-state index contributed by atoms with van der Waals surface area (Å²) in [6.07, 6.45) is 3.68. The fraction of sp³-hybridized carbons (Fsp3) is 0.786. The van der Waals surface area contributed by atoms with Crippen LogP contribution < -0.4 is 10.2 Å². The van der Waals surface area contributed by atoms with E-state index in [4.69, 9.17) is 9.72 Å². The van der Waals surface area contributed by atoms with Crippen molar-refractivity contribution in [1.82, 2.24) is 10.3 Å². The Balaban J connectivity index is 2.03. The van der Waals surface area contributed by atoms with Gasteiger partial charge in [-0.3, -0.25) is 0 Å². The predicted molar refractivity (Wildman–Crippen MR) is 81.2 cm³/mol. The van der Waals surface area contributed by atoms with Crippen molar-refractivity contribution in [2.24, 2.45) is 0 Å². The molecule has 1 N–H and O–H groups in total. The summed E-state index contributed by atoms with van der Waals surface area (Å²) in [6, 6.07) is 0.457. The summed E-state index contributed by atoms with van der Waals surface area (Å²) in [5.74, 6) is 0. The molecule has 0 saturated carbocycles. The first-order valence-electron chi connectivity index (χ1n) is 7.28. The first kappa shape index (κ1) is 14.8. The second-order valence-corrected chi connectivity index (χ2v) is 5.99. The molecule has 0 bridgehead atoms. The number of aromatic nitrogens is 1. The van der Waals surface area contributed by atoms with Crippen molar-refractivity contribution in [3.05, 3.63) is 10.6 Å². The lowest BCUT2D eigenvalue weighted by molar-refractivity contribution is 0.154. The maximum atomic E-state index is 5.41. The second-order valence-electron chi connectivity index (χ2n) is 4.93. The van der Waals surface area contributed by atoms with Crippen LogP contribution in [0.3, 0.4) is 0 Å². The molecule has 1 aromatic rings. The summed E-state index contributed by atoms with van der Waals surface area (Å²) >= 11 is 1.85. The van der Waals surface area contributed by atoms with Crippen LogP contribution in [0, 0.1) is 0 Å². The summed E-state index contributed by atoms with van der Waals surface area (Å²) < 4.78 is 5.41. The van der Waals surface area contributed by atoms with E-state index in [1.165, 1.54) is 29.8 Å². The number of anilines is 1. The predicted octanol–water partition coefficient (Wildman–Crippen LogP) is 2.60. The van der Waals surface area contributed by atoms with Gasteiger partial charge in [0, 0.05) is 25.1 Å². The first-order chi connectivity index (χ1) is 9.26. The van der Waals surface area contributed by atoms with Crippen LogP contribution >= 0.6 is 11.3 Å². The van der Waals surface area contributed by atoms with Crippen molar-refractivity contribution in [3.8, 4) is 0 Å². The first-order valence-corrected chi connectivity index (χ1v) is 8.09. The molecule has 4 nitrogen and oxygen atoms in total. The van der Waals surface area contributed by atoms with Crippen LogP contribution in [-0.4, -0.2) is 38.3 Å². The van der Waals surface area contributed by atoms with Gasteiger partial charge in [-0.2, -0.15) is 0 Å². The topological polar surface area (TPSA) is 37.4 Å². The Morgan fingerprint density at radius 3 is 3.05 bits per heavy atom. The van der Waals surface area contributed by atoms with Crippen molar-refractivity contribution >= 4 is 16.5 Å². The quantitative estimate of drug-likeness (QED) is 0.781. The zero-order chi connectivity index (χ0) is 13.7. The number of hydrogen-bond acceptors (Lipinski definition) is 5. The van der Waals surface area contributed by atoms with Crippen LogP contribution in [0.1, 0.15) is 43.3 Å². The molecule has 1 atom stereocenters. The third-order valence-corrected chi connectivity index (χ3v) is 4.74. The minimum Gasteiger partial charge on any atom is -0.380 e. The van der Waals surface area contributed by atoms with E-state index in [0.29, 0.717) is 6.04 Å². The number of hydrogen-bond donors (Lipinski definition) is 1. The van der Waals surface area contributed by atoms with Crippen LogP contribution in [-0.2, 0) is 11.2 Å². The van der Waals surface area contributed by atoms with Gasteiger partial charge < -0.3 is 15.0 Å². The Kier molecular flexibility index (Phi) is 5.60. The van der Waals surface area contributed by atoms with E-state index in [0.717, 1.165) is 31.4 Å². The Bertz CT molecular complexity index is 394. The summed E-state index contributed by atoms with van der Waals surface area (Å²) in [5.41, 5.74) is 1.29. The minimum absolute atomic E-state index is 0.457. The lowest BCUT2D eigenvalue weighted by Crippen LogP contribution is -2.25. The summed E-state index contributed by atoms with van der Waals surface area (Å²) in [6.45, 7) is 7.67. The van der Waals surface area contributed by atoms with Gasteiger partial charge in [0.2, 0.25) is 0 Å². The van der Waals surface area contributed by atoms with Crippen molar-refractivity contribution in [2.45, 2.75) is 39.2 Å². The normalized spacial score (nSPS) is 18.4. The minimum atomic E-state index is 0.457. The highest BCUT2D eigenvalue weighted by Crippen LogP contribution is 2.36. The SMILES string of the molecule is CCNC1CCCc2sc(N(C)CCOCC)nc21. The van der Waals surface area contributed by atoms with Gasteiger partial charge in [0.15, 0.2) is 5.13 Å². The average Bonchev–Trinajstić information content (AvgIpc) is 2.84. The molecule has 1 unspecified atom stereocenters. The standard InChI is InChI=1S/C14H25N3OS/c1-4-15-11-7-6-8-12-13(11)16-14(19-12)17(3)9-10-18-5-2/h11,15H,4-10H2,1-3H3. The molecule has 0 amide bonds. The molecule has 108 valence electrons. The number of aryl methyl sites for hydroxylation is 1. The highest BCUT2D eigenvalue weighted by molar-refractivity contribution is 7.15. The number of nitrogens with zero attached hydrogens (tertiary/aromatic N) is 2. The van der Waals surface area contributed by atoms with E-state index in [1.807, 2.05) is 18.3 Å².